The molecule has 2 aromatic carbocycles. The van der Waals surface area contributed by atoms with Gasteiger partial charge in [0.15, 0.2) is 0 Å². The number of sulfonamides is 1. The van der Waals surface area contributed by atoms with Crippen LogP contribution in [0.1, 0.15) is 27.5 Å². The second-order valence-electron chi connectivity index (χ2n) is 9.32. The topological polar surface area (TPSA) is 86.7 Å². The van der Waals surface area contributed by atoms with Gasteiger partial charge in [0.1, 0.15) is 23.6 Å². The summed E-state index contributed by atoms with van der Waals surface area (Å²) in [6.45, 7) is 0. The number of piperidine rings is 1. The van der Waals surface area contributed by atoms with Gasteiger partial charge in [-0.1, -0.05) is 18.2 Å². The van der Waals surface area contributed by atoms with Crippen LogP contribution in [0.5, 0.6) is 0 Å². The van der Waals surface area contributed by atoms with Crippen molar-refractivity contribution in [2.45, 2.75) is 55.6 Å². The van der Waals surface area contributed by atoms with E-state index in [1.54, 1.807) is 4.72 Å². The largest absolute Gasteiger partial charge is 0.383 e. The number of hydrogen-bond acceptors (Lipinski definition) is 4. The predicted molar refractivity (Wildman–Crippen MR) is 119 cm³/mol. The van der Waals surface area contributed by atoms with E-state index in [0.29, 0.717) is 18.9 Å². The summed E-state index contributed by atoms with van der Waals surface area (Å²) in [5.74, 6) is -9.14. The molecule has 12 heteroatoms. The minimum absolute atomic E-state index is 0.125. The van der Waals surface area contributed by atoms with Gasteiger partial charge < -0.3 is 10.0 Å². The Labute approximate surface area is 207 Å². The SMILES string of the molecule is [2H]C1([2H])C2C(NS(=O)(=O)C(F)F)C(Cc3cccc(-c4cc(F)cc(F)c4)c3F)N(C(=O)[C@H](O)C3CC3)C21. The smallest absolute Gasteiger partial charge is 0.350 e. The molecule has 2 saturated carbocycles. The van der Waals surface area contributed by atoms with E-state index < -0.39 is 82.1 Å². The Morgan fingerprint density at radius 3 is 2.44 bits per heavy atom. The summed E-state index contributed by atoms with van der Waals surface area (Å²) in [6.07, 6.45) is -2.99. The number of halogens is 5. The lowest BCUT2D eigenvalue weighted by Gasteiger charge is -2.33. The molecule has 5 atom stereocenters. The second kappa shape index (κ2) is 9.07. The van der Waals surface area contributed by atoms with Crippen molar-refractivity contribution in [1.29, 1.82) is 0 Å². The van der Waals surface area contributed by atoms with Gasteiger partial charge in [-0.3, -0.25) is 4.79 Å². The molecule has 2 N–H and O–H groups in total. The van der Waals surface area contributed by atoms with Crippen LogP contribution >= 0.6 is 0 Å². The maximum absolute atomic E-state index is 15.6. The highest BCUT2D eigenvalue weighted by atomic mass is 32.2. The molecule has 36 heavy (non-hydrogen) atoms. The summed E-state index contributed by atoms with van der Waals surface area (Å²) in [6, 6.07) is 2.25. The zero-order valence-electron chi connectivity index (χ0n) is 20.5. The Balaban J connectivity index is 1.54. The molecule has 0 aromatic heterocycles. The maximum Gasteiger partial charge on any atom is 0.350 e. The quantitative estimate of drug-likeness (QED) is 0.512. The van der Waals surface area contributed by atoms with Gasteiger partial charge in [-0.05, 0) is 60.7 Å². The highest BCUT2D eigenvalue weighted by molar-refractivity contribution is 7.89. The van der Waals surface area contributed by atoms with Gasteiger partial charge in [-0.2, -0.15) is 8.78 Å². The van der Waals surface area contributed by atoms with Crippen molar-refractivity contribution in [1.82, 2.24) is 9.62 Å². The van der Waals surface area contributed by atoms with Gasteiger partial charge in [-0.25, -0.2) is 26.3 Å². The fourth-order valence-electron chi connectivity index (χ4n) is 4.89. The number of fused-ring (bicyclic) bond motifs is 1. The first-order chi connectivity index (χ1) is 17.7. The van der Waals surface area contributed by atoms with Crippen molar-refractivity contribution in [3.63, 3.8) is 0 Å². The first-order valence-electron chi connectivity index (χ1n) is 12.3. The van der Waals surface area contributed by atoms with E-state index >= 15 is 4.39 Å². The number of amides is 1. The molecule has 3 aliphatic rings. The monoisotopic (exact) mass is 532 g/mol. The van der Waals surface area contributed by atoms with Gasteiger partial charge >= 0.3 is 5.76 Å². The van der Waals surface area contributed by atoms with Gasteiger partial charge in [0.25, 0.3) is 15.9 Å². The van der Waals surface area contributed by atoms with Crippen molar-refractivity contribution in [3.05, 3.63) is 59.4 Å². The van der Waals surface area contributed by atoms with Crippen LogP contribution in [0, 0.1) is 29.3 Å². The van der Waals surface area contributed by atoms with Crippen molar-refractivity contribution < 1.29 is 43.0 Å². The lowest BCUT2D eigenvalue weighted by atomic mass is 9.94. The van der Waals surface area contributed by atoms with Crippen molar-refractivity contribution in [2.24, 2.45) is 11.8 Å². The molecule has 194 valence electrons. The molecule has 1 aliphatic heterocycles. The molecule has 1 saturated heterocycles. The van der Waals surface area contributed by atoms with Crippen LogP contribution in [0.15, 0.2) is 36.4 Å². The molecular formula is C24H23F5N2O4S. The van der Waals surface area contributed by atoms with E-state index in [2.05, 4.69) is 0 Å². The van der Waals surface area contributed by atoms with Crippen LogP contribution in [0.25, 0.3) is 11.1 Å². The number of benzene rings is 2. The third kappa shape index (κ3) is 4.61. The molecule has 6 nitrogen and oxygen atoms in total. The lowest BCUT2D eigenvalue weighted by molar-refractivity contribution is -0.143. The number of nitrogens with zero attached hydrogens (tertiary/aromatic N) is 1. The molecule has 0 bridgehead atoms. The third-order valence-electron chi connectivity index (χ3n) is 6.84. The summed E-state index contributed by atoms with van der Waals surface area (Å²) < 4.78 is 112. The average Bonchev–Trinajstić information content (AvgIpc) is 3.72. The zero-order chi connectivity index (χ0) is 27.7. The number of nitrogens with one attached hydrogen (secondary N) is 1. The molecule has 4 unspecified atom stereocenters. The Morgan fingerprint density at radius 2 is 1.83 bits per heavy atom. The summed E-state index contributed by atoms with van der Waals surface area (Å²) in [4.78, 5) is 14.2. The Bertz CT molecular complexity index is 1370. The first kappa shape index (κ1) is 22.6. The van der Waals surface area contributed by atoms with Gasteiger partial charge in [0.2, 0.25) is 0 Å². The van der Waals surface area contributed by atoms with E-state index in [-0.39, 0.29) is 22.6 Å². The first-order valence-corrected chi connectivity index (χ1v) is 12.8. The third-order valence-corrected chi connectivity index (χ3v) is 7.91. The van der Waals surface area contributed by atoms with Gasteiger partial charge in [-0.15, -0.1) is 0 Å². The number of carbonyl (C=O) groups excluding carboxylic acids is 1. The van der Waals surface area contributed by atoms with Crippen molar-refractivity contribution in [2.75, 3.05) is 0 Å². The highest BCUT2D eigenvalue weighted by Crippen LogP contribution is 2.50. The lowest BCUT2D eigenvalue weighted by Crippen LogP contribution is -2.54. The Hall–Kier alpha value is -2.57. The maximum atomic E-state index is 15.6. The van der Waals surface area contributed by atoms with E-state index in [0.717, 1.165) is 17.0 Å². The number of carbonyl (C=O) groups is 1. The normalized spacial score (nSPS) is 28.5. The van der Waals surface area contributed by atoms with Crippen LogP contribution in [-0.4, -0.2) is 54.3 Å². The number of aliphatic hydroxyl groups is 1. The van der Waals surface area contributed by atoms with E-state index in [1.807, 2.05) is 0 Å². The summed E-state index contributed by atoms with van der Waals surface area (Å²) >= 11 is 0. The van der Waals surface area contributed by atoms with Crippen LogP contribution in [0.4, 0.5) is 22.0 Å². The average molecular weight is 533 g/mol. The number of likely N-dealkylation sites (tertiary alicyclic amines) is 1. The molecule has 3 fully saturated rings. The number of alkyl halides is 2. The van der Waals surface area contributed by atoms with Crippen molar-refractivity contribution in [3.8, 4) is 11.1 Å². The highest BCUT2D eigenvalue weighted by Gasteiger charge is 2.62. The van der Waals surface area contributed by atoms with E-state index in [4.69, 9.17) is 2.74 Å². The van der Waals surface area contributed by atoms with Crippen LogP contribution in [0.3, 0.4) is 0 Å². The van der Waals surface area contributed by atoms with Crippen LogP contribution in [-0.2, 0) is 21.2 Å². The summed E-state index contributed by atoms with van der Waals surface area (Å²) in [5.41, 5.74) is -0.446. The van der Waals surface area contributed by atoms with E-state index in [1.165, 1.54) is 18.2 Å². The zero-order valence-corrected chi connectivity index (χ0v) is 19.4. The predicted octanol–water partition coefficient (Wildman–Crippen LogP) is 3.19. The molecular weight excluding hydrogens is 507 g/mol. The Kier molecular flexibility index (Phi) is 5.70. The van der Waals surface area contributed by atoms with Crippen molar-refractivity contribution >= 4 is 15.9 Å². The molecule has 2 aliphatic carbocycles. The Morgan fingerprint density at radius 1 is 1.17 bits per heavy atom. The molecule has 0 spiro atoms. The fraction of sp³-hybridized carbons (Fsp3) is 0.458. The summed E-state index contributed by atoms with van der Waals surface area (Å²) in [7, 11) is -5.23. The standard InChI is InChI=1S/C24H23F5N2O4S/c25-14-6-13(7-15(26)9-14)16-3-1-2-12(20(16)27)8-19-21(30-36(34,35)24(28)29)17-10-18(17)31(19)23(33)22(32)11-4-5-11/h1-3,6-7,9,11,17-19,21-22,24,30,32H,4-5,8,10H2/t17?,18?,19?,21?,22-/m1/s1/i10D2. The molecule has 2 aromatic rings. The number of aliphatic hydroxyl groups excluding tert-OH is 1. The minimum atomic E-state index is -5.23. The molecule has 1 heterocycles. The molecule has 5 rings (SSSR count). The van der Waals surface area contributed by atoms with Gasteiger partial charge in [0.05, 0.1) is 6.04 Å². The number of hydrogen-bond donors (Lipinski definition) is 2. The number of rotatable bonds is 8. The van der Waals surface area contributed by atoms with E-state index in [9.17, 15) is 35.9 Å². The van der Waals surface area contributed by atoms with Gasteiger partial charge in [0, 0.05) is 26.5 Å². The second-order valence-corrected chi connectivity index (χ2v) is 11.0. The van der Waals surface area contributed by atoms with Crippen LogP contribution in [0.2, 0.25) is 0 Å². The van der Waals surface area contributed by atoms with Crippen LogP contribution < -0.4 is 4.72 Å². The molecule has 0 radical (unpaired) electrons. The summed E-state index contributed by atoms with van der Waals surface area (Å²) in [5, 5.41) is 10.5. The fourth-order valence-corrected chi connectivity index (χ4v) is 5.68. The minimum Gasteiger partial charge on any atom is -0.383 e. The molecule has 1 amide bonds.